The van der Waals surface area contributed by atoms with Gasteiger partial charge in [-0.1, -0.05) is 12.1 Å². The van der Waals surface area contributed by atoms with E-state index in [0.717, 1.165) is 10.6 Å². The molecule has 3 rings (SSSR count). The fourth-order valence-electron chi connectivity index (χ4n) is 3.24. The molecule has 160 valence electrons. The Bertz CT molecular complexity index is 1000. The molecule has 1 aliphatic heterocycles. The van der Waals surface area contributed by atoms with E-state index in [0.29, 0.717) is 25.2 Å². The lowest BCUT2D eigenvalue weighted by Gasteiger charge is -2.23. The van der Waals surface area contributed by atoms with Gasteiger partial charge in [-0.15, -0.1) is 0 Å². The summed E-state index contributed by atoms with van der Waals surface area (Å²) in [7, 11) is 0. The third kappa shape index (κ3) is 4.87. The molecule has 0 aliphatic carbocycles. The van der Waals surface area contributed by atoms with E-state index < -0.39 is 41.5 Å². The van der Waals surface area contributed by atoms with Gasteiger partial charge in [-0.3, -0.25) is 14.4 Å². The lowest BCUT2D eigenvalue weighted by molar-refractivity contribution is -0.138. The molecule has 6 nitrogen and oxygen atoms in total. The van der Waals surface area contributed by atoms with Crippen LogP contribution >= 0.6 is 0 Å². The second-order valence-electron chi connectivity index (χ2n) is 6.89. The average molecular weight is 425 g/mol. The van der Waals surface area contributed by atoms with E-state index in [1.165, 1.54) is 28.0 Å². The standard InChI is InChI=1S/C20H19F4N3O3/c21-16-5-2-1-4-15(16)19(30)26-9-3-8-25(10-11-26)18(29)13-27-12-14(20(22,23)24)6-7-17(27)28/h1-2,4-7,12H,3,8-11,13H2. The molecule has 1 saturated heterocycles. The van der Waals surface area contributed by atoms with Gasteiger partial charge in [0.05, 0.1) is 11.1 Å². The predicted molar refractivity (Wildman–Crippen MR) is 99.2 cm³/mol. The second-order valence-corrected chi connectivity index (χ2v) is 6.89. The Kier molecular flexibility index (Phi) is 6.23. The van der Waals surface area contributed by atoms with Crippen LogP contribution < -0.4 is 5.56 Å². The van der Waals surface area contributed by atoms with Gasteiger partial charge >= 0.3 is 6.18 Å². The maximum Gasteiger partial charge on any atom is 0.417 e. The van der Waals surface area contributed by atoms with Gasteiger partial charge < -0.3 is 14.4 Å². The first-order chi connectivity index (χ1) is 14.2. The predicted octanol–water partition coefficient (Wildman–Crippen LogP) is 2.38. The van der Waals surface area contributed by atoms with Crippen LogP contribution in [0.1, 0.15) is 22.3 Å². The monoisotopic (exact) mass is 425 g/mol. The summed E-state index contributed by atoms with van der Waals surface area (Å²) in [6, 6.07) is 7.04. The van der Waals surface area contributed by atoms with Gasteiger partial charge in [0.1, 0.15) is 12.4 Å². The van der Waals surface area contributed by atoms with Crippen LogP contribution in [0.2, 0.25) is 0 Å². The van der Waals surface area contributed by atoms with Crippen LogP contribution in [0, 0.1) is 5.82 Å². The molecule has 30 heavy (non-hydrogen) atoms. The van der Waals surface area contributed by atoms with Crippen LogP contribution in [0.15, 0.2) is 47.4 Å². The van der Waals surface area contributed by atoms with Crippen molar-refractivity contribution in [3.63, 3.8) is 0 Å². The van der Waals surface area contributed by atoms with Crippen LogP contribution in [0.4, 0.5) is 17.6 Å². The summed E-state index contributed by atoms with van der Waals surface area (Å²) in [6.45, 7) is 0.321. The molecule has 10 heteroatoms. The Hall–Kier alpha value is -3.17. The number of nitrogens with zero attached hydrogens (tertiary/aromatic N) is 3. The number of alkyl halides is 3. The van der Waals surface area contributed by atoms with Gasteiger partial charge in [-0.25, -0.2) is 4.39 Å². The number of benzene rings is 1. The van der Waals surface area contributed by atoms with Gasteiger partial charge in [0, 0.05) is 38.4 Å². The van der Waals surface area contributed by atoms with E-state index in [9.17, 15) is 31.9 Å². The summed E-state index contributed by atoms with van der Waals surface area (Å²) in [5.41, 5.74) is -1.80. The molecule has 1 aromatic carbocycles. The third-order valence-corrected chi connectivity index (χ3v) is 4.86. The highest BCUT2D eigenvalue weighted by atomic mass is 19.4. The summed E-state index contributed by atoms with van der Waals surface area (Å²) in [5, 5.41) is 0. The highest BCUT2D eigenvalue weighted by Gasteiger charge is 2.31. The second kappa shape index (κ2) is 8.68. The van der Waals surface area contributed by atoms with Crippen molar-refractivity contribution in [1.29, 1.82) is 0 Å². The molecule has 1 aliphatic rings. The van der Waals surface area contributed by atoms with Crippen LogP contribution in [-0.2, 0) is 17.5 Å². The largest absolute Gasteiger partial charge is 0.417 e. The Balaban J connectivity index is 1.67. The van der Waals surface area contributed by atoms with Gasteiger partial charge in [0.25, 0.3) is 11.5 Å². The van der Waals surface area contributed by atoms with Crippen molar-refractivity contribution in [2.45, 2.75) is 19.1 Å². The van der Waals surface area contributed by atoms with Crippen molar-refractivity contribution >= 4 is 11.8 Å². The fraction of sp³-hybridized carbons (Fsp3) is 0.350. The molecule has 0 radical (unpaired) electrons. The van der Waals surface area contributed by atoms with E-state index in [2.05, 4.69) is 0 Å². The summed E-state index contributed by atoms with van der Waals surface area (Å²) in [5.74, 6) is -1.66. The first-order valence-electron chi connectivity index (χ1n) is 9.26. The summed E-state index contributed by atoms with van der Waals surface area (Å²) < 4.78 is 53.2. The molecule has 0 unspecified atom stereocenters. The lowest BCUT2D eigenvalue weighted by atomic mass is 10.2. The molecule has 0 spiro atoms. The molecule has 2 heterocycles. The van der Waals surface area contributed by atoms with Crippen LogP contribution in [0.3, 0.4) is 0 Å². The zero-order valence-electron chi connectivity index (χ0n) is 15.9. The molecule has 0 atom stereocenters. The first-order valence-corrected chi connectivity index (χ1v) is 9.26. The molecule has 2 aromatic rings. The number of hydrogen-bond acceptors (Lipinski definition) is 3. The quantitative estimate of drug-likeness (QED) is 0.710. The van der Waals surface area contributed by atoms with Crippen molar-refractivity contribution in [2.75, 3.05) is 26.2 Å². The highest BCUT2D eigenvalue weighted by molar-refractivity contribution is 5.94. The maximum absolute atomic E-state index is 13.9. The van der Waals surface area contributed by atoms with Crippen molar-refractivity contribution < 1.29 is 27.2 Å². The van der Waals surface area contributed by atoms with E-state index in [1.54, 1.807) is 6.07 Å². The molecular weight excluding hydrogens is 406 g/mol. The number of halogens is 4. The van der Waals surface area contributed by atoms with Crippen molar-refractivity contribution in [3.8, 4) is 0 Å². The zero-order chi connectivity index (χ0) is 21.9. The highest BCUT2D eigenvalue weighted by Crippen LogP contribution is 2.28. The van der Waals surface area contributed by atoms with Crippen LogP contribution in [0.25, 0.3) is 0 Å². The summed E-state index contributed by atoms with van der Waals surface area (Å²) in [6.07, 6.45) is -3.59. The number of hydrogen-bond donors (Lipinski definition) is 0. The molecule has 0 bridgehead atoms. The molecule has 1 aromatic heterocycles. The number of carbonyl (C=O) groups is 2. The van der Waals surface area contributed by atoms with E-state index in [-0.39, 0.29) is 25.2 Å². The first kappa shape index (κ1) is 21.5. The molecule has 1 fully saturated rings. The average Bonchev–Trinajstić information content (AvgIpc) is 2.95. The van der Waals surface area contributed by atoms with E-state index >= 15 is 0 Å². The lowest BCUT2D eigenvalue weighted by Crippen LogP contribution is -2.40. The topological polar surface area (TPSA) is 62.6 Å². The minimum absolute atomic E-state index is 0.0622. The molecule has 0 saturated carbocycles. The Morgan fingerprint density at radius 1 is 0.933 bits per heavy atom. The number of rotatable bonds is 3. The van der Waals surface area contributed by atoms with Gasteiger partial charge in [-0.2, -0.15) is 13.2 Å². The number of carbonyl (C=O) groups excluding carboxylic acids is 2. The SMILES string of the molecule is O=C(Cn1cc(C(F)(F)F)ccc1=O)N1CCCN(C(=O)c2ccccc2F)CC1. The molecular formula is C20H19F4N3O3. The number of aromatic nitrogens is 1. The van der Waals surface area contributed by atoms with E-state index in [4.69, 9.17) is 0 Å². The van der Waals surface area contributed by atoms with Crippen LogP contribution in [0.5, 0.6) is 0 Å². The van der Waals surface area contributed by atoms with Crippen molar-refractivity contribution in [2.24, 2.45) is 0 Å². The fourth-order valence-corrected chi connectivity index (χ4v) is 3.24. The van der Waals surface area contributed by atoms with Crippen molar-refractivity contribution in [3.05, 3.63) is 69.9 Å². The Labute approximate surface area is 169 Å². The van der Waals surface area contributed by atoms with Gasteiger partial charge in [0.2, 0.25) is 5.91 Å². The van der Waals surface area contributed by atoms with Gasteiger partial charge in [-0.05, 0) is 24.6 Å². The minimum Gasteiger partial charge on any atom is -0.339 e. The maximum atomic E-state index is 13.9. The molecule has 0 N–H and O–H groups in total. The van der Waals surface area contributed by atoms with Crippen molar-refractivity contribution in [1.82, 2.24) is 14.4 Å². The Morgan fingerprint density at radius 3 is 2.30 bits per heavy atom. The van der Waals surface area contributed by atoms with Crippen LogP contribution in [-0.4, -0.2) is 52.4 Å². The third-order valence-electron chi connectivity index (χ3n) is 4.86. The number of amides is 2. The minimum atomic E-state index is -4.63. The normalized spacial score (nSPS) is 15.1. The summed E-state index contributed by atoms with van der Waals surface area (Å²) >= 11 is 0. The van der Waals surface area contributed by atoms with E-state index in [1.807, 2.05) is 0 Å². The van der Waals surface area contributed by atoms with Gasteiger partial charge in [0.15, 0.2) is 0 Å². The Morgan fingerprint density at radius 2 is 1.60 bits per heavy atom. The number of pyridine rings is 1. The zero-order valence-corrected chi connectivity index (χ0v) is 15.9. The smallest absolute Gasteiger partial charge is 0.339 e. The molecule has 2 amide bonds. The summed E-state index contributed by atoms with van der Waals surface area (Å²) in [4.78, 5) is 39.8.